The lowest BCUT2D eigenvalue weighted by Gasteiger charge is -2.34. The van der Waals surface area contributed by atoms with Crippen LogP contribution in [0.25, 0.3) is 0 Å². The van der Waals surface area contributed by atoms with Crippen molar-refractivity contribution in [1.82, 2.24) is 4.90 Å². The van der Waals surface area contributed by atoms with E-state index in [1.54, 1.807) is 0 Å². The van der Waals surface area contributed by atoms with E-state index in [1.807, 2.05) is 11.9 Å². The van der Waals surface area contributed by atoms with E-state index < -0.39 is 0 Å². The van der Waals surface area contributed by atoms with E-state index in [0.717, 1.165) is 6.42 Å². The Morgan fingerprint density at radius 3 is 2.44 bits per heavy atom. The highest BCUT2D eigenvalue weighted by atomic mass is 16.2. The van der Waals surface area contributed by atoms with Crippen molar-refractivity contribution in [3.8, 4) is 0 Å². The molecule has 4 heteroatoms. The first kappa shape index (κ1) is 13.8. The summed E-state index contributed by atoms with van der Waals surface area (Å²) >= 11 is 0. The molecule has 2 rings (SSSR count). The Kier molecular flexibility index (Phi) is 3.70. The highest BCUT2D eigenvalue weighted by Crippen LogP contribution is 2.48. The fourth-order valence-corrected chi connectivity index (χ4v) is 3.74. The van der Waals surface area contributed by atoms with Gasteiger partial charge in [0.15, 0.2) is 0 Å². The van der Waals surface area contributed by atoms with Gasteiger partial charge in [0, 0.05) is 19.6 Å². The number of hydrogen-bond donors (Lipinski definition) is 2. The van der Waals surface area contributed by atoms with Gasteiger partial charge in [0.1, 0.15) is 0 Å². The van der Waals surface area contributed by atoms with Crippen molar-refractivity contribution in [3.63, 3.8) is 0 Å². The zero-order chi connectivity index (χ0) is 13.5. The Morgan fingerprint density at radius 2 is 1.94 bits per heavy atom. The lowest BCUT2D eigenvalue weighted by atomic mass is 9.83. The quantitative estimate of drug-likeness (QED) is 0.778. The molecule has 0 spiro atoms. The summed E-state index contributed by atoms with van der Waals surface area (Å²) in [7, 11) is 1.89. The van der Waals surface area contributed by atoms with Crippen molar-refractivity contribution < 1.29 is 4.79 Å². The van der Waals surface area contributed by atoms with Crippen LogP contribution in [-0.2, 0) is 4.79 Å². The highest BCUT2D eigenvalue weighted by molar-refractivity contribution is 5.80. The molecular weight excluding hydrogens is 226 g/mol. The Labute approximate surface area is 110 Å². The number of nitrogens with two attached hydrogens (primary N) is 2. The second-order valence-electron chi connectivity index (χ2n) is 7.00. The van der Waals surface area contributed by atoms with Crippen LogP contribution in [0.4, 0.5) is 0 Å². The van der Waals surface area contributed by atoms with Crippen molar-refractivity contribution in [2.24, 2.45) is 34.6 Å². The Balaban J connectivity index is 1.99. The molecule has 2 saturated carbocycles. The third kappa shape index (κ3) is 2.41. The number of fused-ring (bicyclic) bond motifs is 2. The second kappa shape index (κ2) is 4.82. The van der Waals surface area contributed by atoms with Gasteiger partial charge in [-0.3, -0.25) is 4.79 Å². The van der Waals surface area contributed by atoms with E-state index >= 15 is 0 Å². The van der Waals surface area contributed by atoms with E-state index in [1.165, 1.54) is 12.8 Å². The van der Waals surface area contributed by atoms with Gasteiger partial charge in [-0.15, -0.1) is 0 Å². The molecule has 0 radical (unpaired) electrons. The van der Waals surface area contributed by atoms with Gasteiger partial charge >= 0.3 is 0 Å². The van der Waals surface area contributed by atoms with Crippen molar-refractivity contribution in [2.45, 2.75) is 39.2 Å². The van der Waals surface area contributed by atoms with Crippen LogP contribution in [0.15, 0.2) is 0 Å². The summed E-state index contributed by atoms with van der Waals surface area (Å²) < 4.78 is 0. The molecule has 0 saturated heterocycles. The number of hydrogen-bond acceptors (Lipinski definition) is 3. The van der Waals surface area contributed by atoms with Gasteiger partial charge in [-0.25, -0.2) is 0 Å². The predicted molar refractivity (Wildman–Crippen MR) is 72.8 cm³/mol. The summed E-state index contributed by atoms with van der Waals surface area (Å²) in [5.74, 6) is 1.40. The third-order valence-electron chi connectivity index (χ3n) is 4.86. The largest absolute Gasteiger partial charge is 0.345 e. The average molecular weight is 253 g/mol. The summed E-state index contributed by atoms with van der Waals surface area (Å²) in [6.07, 6.45) is 3.56. The molecule has 2 fully saturated rings. The first-order valence-corrected chi connectivity index (χ1v) is 7.06. The average Bonchev–Trinajstić information content (AvgIpc) is 2.88. The summed E-state index contributed by atoms with van der Waals surface area (Å²) in [5, 5.41) is 0. The minimum Gasteiger partial charge on any atom is -0.345 e. The number of nitrogens with zero attached hydrogens (tertiary/aromatic N) is 1. The summed E-state index contributed by atoms with van der Waals surface area (Å²) in [5.41, 5.74) is 11.9. The molecule has 0 aliphatic heterocycles. The van der Waals surface area contributed by atoms with Crippen LogP contribution in [-0.4, -0.2) is 37.0 Å². The fraction of sp³-hybridized carbons (Fsp3) is 0.929. The zero-order valence-corrected chi connectivity index (χ0v) is 11.9. The maximum absolute atomic E-state index is 12.5. The van der Waals surface area contributed by atoms with Gasteiger partial charge in [0.2, 0.25) is 5.91 Å². The first-order valence-electron chi connectivity index (χ1n) is 7.06. The normalized spacial score (nSPS) is 34.9. The van der Waals surface area contributed by atoms with Crippen LogP contribution >= 0.6 is 0 Å². The lowest BCUT2D eigenvalue weighted by molar-refractivity contribution is -0.137. The molecule has 4 atom stereocenters. The van der Waals surface area contributed by atoms with Crippen LogP contribution in [0.3, 0.4) is 0 Å². The summed E-state index contributed by atoms with van der Waals surface area (Å²) in [6, 6.07) is 0.0830. The van der Waals surface area contributed by atoms with Crippen LogP contribution in [0.5, 0.6) is 0 Å². The van der Waals surface area contributed by atoms with Crippen molar-refractivity contribution in [3.05, 3.63) is 0 Å². The molecule has 18 heavy (non-hydrogen) atoms. The van der Waals surface area contributed by atoms with Gasteiger partial charge in [-0.1, -0.05) is 13.8 Å². The molecule has 2 bridgehead atoms. The molecule has 0 aromatic heterocycles. The van der Waals surface area contributed by atoms with Crippen LogP contribution < -0.4 is 11.5 Å². The molecule has 0 aromatic carbocycles. The van der Waals surface area contributed by atoms with E-state index in [0.29, 0.717) is 24.9 Å². The minimum absolute atomic E-state index is 0.0217. The van der Waals surface area contributed by atoms with Gasteiger partial charge in [0.25, 0.3) is 0 Å². The minimum atomic E-state index is -0.0217. The van der Waals surface area contributed by atoms with E-state index in [2.05, 4.69) is 13.8 Å². The molecule has 2 aliphatic rings. The molecule has 1 amide bonds. The summed E-state index contributed by atoms with van der Waals surface area (Å²) in [6.45, 7) is 5.49. The Morgan fingerprint density at radius 1 is 1.33 bits per heavy atom. The molecule has 104 valence electrons. The summed E-state index contributed by atoms with van der Waals surface area (Å²) in [4.78, 5) is 14.4. The molecule has 0 heterocycles. The van der Waals surface area contributed by atoms with Crippen LogP contribution in [0, 0.1) is 23.2 Å². The number of carbonyl (C=O) groups excluding carboxylic acids is 1. The van der Waals surface area contributed by atoms with Crippen molar-refractivity contribution >= 4 is 5.91 Å². The third-order valence-corrected chi connectivity index (χ3v) is 4.86. The van der Waals surface area contributed by atoms with E-state index in [-0.39, 0.29) is 23.3 Å². The predicted octanol–water partition coefficient (Wildman–Crippen LogP) is 0.803. The second-order valence-corrected chi connectivity index (χ2v) is 7.00. The van der Waals surface area contributed by atoms with E-state index in [4.69, 9.17) is 11.5 Å². The fourth-order valence-electron chi connectivity index (χ4n) is 3.74. The SMILES string of the molecule is CN(CC(C)(C)CN)C(=O)C1C2CCC(C2)C1N. The molecule has 4 N–H and O–H groups in total. The Hall–Kier alpha value is -0.610. The maximum Gasteiger partial charge on any atom is 0.227 e. The first-order chi connectivity index (χ1) is 8.35. The van der Waals surface area contributed by atoms with Crippen LogP contribution in [0.1, 0.15) is 33.1 Å². The lowest BCUT2D eigenvalue weighted by Crippen LogP contribution is -2.48. The van der Waals surface area contributed by atoms with Crippen molar-refractivity contribution in [1.29, 1.82) is 0 Å². The van der Waals surface area contributed by atoms with Gasteiger partial charge in [-0.05, 0) is 43.1 Å². The van der Waals surface area contributed by atoms with Crippen molar-refractivity contribution in [2.75, 3.05) is 20.1 Å². The number of amides is 1. The topological polar surface area (TPSA) is 72.3 Å². The van der Waals surface area contributed by atoms with E-state index in [9.17, 15) is 4.79 Å². The maximum atomic E-state index is 12.5. The van der Waals surface area contributed by atoms with Gasteiger partial charge < -0.3 is 16.4 Å². The Bertz CT molecular complexity index is 327. The molecular formula is C14H27N3O. The zero-order valence-electron chi connectivity index (χ0n) is 11.9. The number of carbonyl (C=O) groups is 1. The molecule has 0 aromatic rings. The van der Waals surface area contributed by atoms with Gasteiger partial charge in [-0.2, -0.15) is 0 Å². The standard InChI is InChI=1S/C14H27N3O/c1-14(2,7-15)8-17(3)13(18)11-9-4-5-10(6-9)12(11)16/h9-12H,4-8,15-16H2,1-3H3. The van der Waals surface area contributed by atoms with Gasteiger partial charge in [0.05, 0.1) is 5.92 Å². The monoisotopic (exact) mass is 253 g/mol. The molecule has 4 unspecified atom stereocenters. The molecule has 2 aliphatic carbocycles. The highest BCUT2D eigenvalue weighted by Gasteiger charge is 2.49. The molecule has 4 nitrogen and oxygen atoms in total. The number of rotatable bonds is 4. The smallest absolute Gasteiger partial charge is 0.227 e. The van der Waals surface area contributed by atoms with Crippen LogP contribution in [0.2, 0.25) is 0 Å².